The van der Waals surface area contributed by atoms with Crippen LogP contribution in [0.3, 0.4) is 0 Å². The first-order valence-corrected chi connectivity index (χ1v) is 8.19. The molecular formula is C15H12BrFO3S. The highest BCUT2D eigenvalue weighted by molar-refractivity contribution is 9.10. The fraction of sp³-hybridized carbons (Fsp3) is 0.133. The van der Waals surface area contributed by atoms with E-state index in [1.54, 1.807) is 30.3 Å². The molecule has 1 N–H and O–H groups in total. The van der Waals surface area contributed by atoms with Crippen LogP contribution in [0.15, 0.2) is 51.8 Å². The molecule has 0 saturated heterocycles. The zero-order valence-corrected chi connectivity index (χ0v) is 13.3. The Morgan fingerprint density at radius 1 is 1.14 bits per heavy atom. The van der Waals surface area contributed by atoms with Gasteiger partial charge in [0.05, 0.1) is 23.0 Å². The molecule has 2 rings (SSSR count). The van der Waals surface area contributed by atoms with Crippen LogP contribution in [0.25, 0.3) is 0 Å². The third-order valence-corrected chi connectivity index (χ3v) is 4.61. The van der Waals surface area contributed by atoms with Crippen molar-refractivity contribution in [3.8, 4) is 0 Å². The number of hydrogen-bond donors (Lipinski definition) is 1. The Morgan fingerprint density at radius 3 is 2.38 bits per heavy atom. The number of carbonyl (C=O) groups is 1. The molecule has 6 heteroatoms. The predicted molar refractivity (Wildman–Crippen MR) is 82.0 cm³/mol. The predicted octanol–water partition coefficient (Wildman–Crippen LogP) is 3.52. The Balaban J connectivity index is 2.11. The van der Waals surface area contributed by atoms with Gasteiger partial charge in [-0.3, -0.25) is 9.00 Å². The van der Waals surface area contributed by atoms with Crippen LogP contribution in [0.4, 0.5) is 4.39 Å². The quantitative estimate of drug-likeness (QED) is 0.875. The highest BCUT2D eigenvalue weighted by Crippen LogP contribution is 2.19. The topological polar surface area (TPSA) is 54.4 Å². The van der Waals surface area contributed by atoms with Crippen molar-refractivity contribution in [2.45, 2.75) is 17.1 Å². The molecule has 0 aliphatic rings. The number of aliphatic carboxylic acids is 1. The van der Waals surface area contributed by atoms with Crippen LogP contribution in [-0.4, -0.2) is 15.3 Å². The molecule has 0 radical (unpaired) electrons. The standard InChI is InChI=1S/C15H12BrFO3S/c16-12-5-11(6-13(17)8-12)9-21(20)14-3-1-10(2-4-14)7-15(18)19/h1-6,8H,7,9H2,(H,18,19). The average Bonchev–Trinajstić information content (AvgIpc) is 2.37. The number of carboxylic acids is 1. The summed E-state index contributed by atoms with van der Waals surface area (Å²) in [6.07, 6.45) is -0.0657. The monoisotopic (exact) mass is 370 g/mol. The van der Waals surface area contributed by atoms with Crippen LogP contribution in [0, 0.1) is 5.82 Å². The Bertz CT molecular complexity index is 666. The Morgan fingerprint density at radius 2 is 1.81 bits per heavy atom. The number of halogens is 2. The summed E-state index contributed by atoms with van der Waals surface area (Å²) in [7, 11) is -1.31. The lowest BCUT2D eigenvalue weighted by atomic mass is 10.2. The minimum absolute atomic E-state index is 0.0657. The van der Waals surface area contributed by atoms with Crippen LogP contribution >= 0.6 is 15.9 Å². The van der Waals surface area contributed by atoms with Gasteiger partial charge in [-0.15, -0.1) is 0 Å². The van der Waals surface area contributed by atoms with Gasteiger partial charge in [-0.05, 0) is 41.5 Å². The third kappa shape index (κ3) is 4.75. The van der Waals surface area contributed by atoms with Crippen molar-refractivity contribution in [2.75, 3.05) is 0 Å². The Kier molecular flexibility index (Phi) is 5.25. The smallest absolute Gasteiger partial charge is 0.307 e. The number of carboxylic acid groups (broad SMARTS) is 1. The molecule has 0 aliphatic heterocycles. The lowest BCUT2D eigenvalue weighted by Gasteiger charge is -2.05. The van der Waals surface area contributed by atoms with Crippen molar-refractivity contribution in [1.82, 2.24) is 0 Å². The van der Waals surface area contributed by atoms with Crippen molar-refractivity contribution in [1.29, 1.82) is 0 Å². The summed E-state index contributed by atoms with van der Waals surface area (Å²) in [5.74, 6) is -1.09. The van der Waals surface area contributed by atoms with Crippen molar-refractivity contribution < 1.29 is 18.5 Å². The van der Waals surface area contributed by atoms with Gasteiger partial charge in [0.1, 0.15) is 5.82 Å². The molecule has 0 aromatic heterocycles. The van der Waals surface area contributed by atoms with Gasteiger partial charge in [0.25, 0.3) is 0 Å². The van der Waals surface area contributed by atoms with Crippen LogP contribution in [0.1, 0.15) is 11.1 Å². The van der Waals surface area contributed by atoms with E-state index >= 15 is 0 Å². The number of rotatable bonds is 5. The fourth-order valence-corrected chi connectivity index (χ4v) is 3.45. The molecule has 1 atom stereocenters. The first-order chi connectivity index (χ1) is 9.94. The van der Waals surface area contributed by atoms with Gasteiger partial charge in [0.15, 0.2) is 0 Å². The molecule has 0 saturated carbocycles. The van der Waals surface area contributed by atoms with E-state index in [-0.39, 0.29) is 18.0 Å². The summed E-state index contributed by atoms with van der Waals surface area (Å²) in [5.41, 5.74) is 1.28. The third-order valence-electron chi connectivity index (χ3n) is 2.76. The van der Waals surface area contributed by atoms with Gasteiger partial charge in [0.2, 0.25) is 0 Å². The largest absolute Gasteiger partial charge is 0.481 e. The summed E-state index contributed by atoms with van der Waals surface area (Å²) in [6.45, 7) is 0. The van der Waals surface area contributed by atoms with Gasteiger partial charge < -0.3 is 5.11 Å². The molecule has 1 unspecified atom stereocenters. The van der Waals surface area contributed by atoms with E-state index in [1.807, 2.05) is 0 Å². The zero-order valence-electron chi connectivity index (χ0n) is 10.9. The Labute approximate surface area is 132 Å². The second kappa shape index (κ2) is 6.95. The molecule has 0 fully saturated rings. The maximum absolute atomic E-state index is 13.3. The van der Waals surface area contributed by atoms with E-state index in [4.69, 9.17) is 5.11 Å². The molecule has 0 bridgehead atoms. The Hall–Kier alpha value is -1.53. The van der Waals surface area contributed by atoms with Crippen molar-refractivity contribution in [3.63, 3.8) is 0 Å². The minimum atomic E-state index is -1.31. The summed E-state index contributed by atoms with van der Waals surface area (Å²) in [4.78, 5) is 11.2. The molecule has 0 aliphatic carbocycles. The SMILES string of the molecule is O=C(O)Cc1ccc(S(=O)Cc2cc(F)cc(Br)c2)cc1. The van der Waals surface area contributed by atoms with Crippen LogP contribution in [0.2, 0.25) is 0 Å². The normalized spacial score (nSPS) is 12.1. The average molecular weight is 371 g/mol. The summed E-state index contributed by atoms with van der Waals surface area (Å²) >= 11 is 3.20. The van der Waals surface area contributed by atoms with Gasteiger partial charge in [-0.1, -0.05) is 28.1 Å². The molecule has 110 valence electrons. The number of benzene rings is 2. The van der Waals surface area contributed by atoms with Gasteiger partial charge in [0, 0.05) is 9.37 Å². The van der Waals surface area contributed by atoms with Crippen molar-refractivity contribution >= 4 is 32.7 Å². The van der Waals surface area contributed by atoms with Gasteiger partial charge in [-0.2, -0.15) is 0 Å². The maximum Gasteiger partial charge on any atom is 0.307 e. The van der Waals surface area contributed by atoms with E-state index < -0.39 is 16.8 Å². The van der Waals surface area contributed by atoms with Crippen molar-refractivity contribution in [3.05, 3.63) is 63.9 Å². The van der Waals surface area contributed by atoms with Crippen LogP contribution in [-0.2, 0) is 27.8 Å². The highest BCUT2D eigenvalue weighted by Gasteiger charge is 2.08. The number of hydrogen-bond acceptors (Lipinski definition) is 2. The fourth-order valence-electron chi connectivity index (χ4n) is 1.86. The summed E-state index contributed by atoms with van der Waals surface area (Å²) < 4.78 is 26.1. The minimum Gasteiger partial charge on any atom is -0.481 e. The van der Waals surface area contributed by atoms with Crippen LogP contribution in [0.5, 0.6) is 0 Å². The second-order valence-electron chi connectivity index (χ2n) is 4.48. The van der Waals surface area contributed by atoms with E-state index in [0.717, 1.165) is 0 Å². The molecule has 2 aromatic rings. The molecule has 3 nitrogen and oxygen atoms in total. The molecule has 0 heterocycles. The summed E-state index contributed by atoms with van der Waals surface area (Å²) in [5, 5.41) is 8.69. The summed E-state index contributed by atoms with van der Waals surface area (Å²) in [6, 6.07) is 11.0. The van der Waals surface area contributed by atoms with E-state index in [9.17, 15) is 13.4 Å². The van der Waals surface area contributed by atoms with E-state index in [2.05, 4.69) is 15.9 Å². The van der Waals surface area contributed by atoms with Gasteiger partial charge in [-0.25, -0.2) is 4.39 Å². The van der Waals surface area contributed by atoms with Gasteiger partial charge >= 0.3 is 5.97 Å². The van der Waals surface area contributed by atoms with Crippen LogP contribution < -0.4 is 0 Å². The lowest BCUT2D eigenvalue weighted by Crippen LogP contribution is -2.01. The first-order valence-electron chi connectivity index (χ1n) is 6.08. The highest BCUT2D eigenvalue weighted by atomic mass is 79.9. The van der Waals surface area contributed by atoms with E-state index in [1.165, 1.54) is 12.1 Å². The maximum atomic E-state index is 13.3. The zero-order chi connectivity index (χ0) is 15.4. The molecule has 21 heavy (non-hydrogen) atoms. The second-order valence-corrected chi connectivity index (χ2v) is 6.85. The molecule has 0 amide bonds. The van der Waals surface area contributed by atoms with E-state index in [0.29, 0.717) is 20.5 Å². The van der Waals surface area contributed by atoms with Crippen molar-refractivity contribution in [2.24, 2.45) is 0 Å². The molecule has 2 aromatic carbocycles. The first kappa shape index (κ1) is 15.9. The molecular weight excluding hydrogens is 359 g/mol. The molecule has 0 spiro atoms. The lowest BCUT2D eigenvalue weighted by molar-refractivity contribution is -0.136.